The Labute approximate surface area is 114 Å². The van der Waals surface area contributed by atoms with Crippen LogP contribution in [0.15, 0.2) is 5.38 Å². The molecule has 1 heterocycles. The van der Waals surface area contributed by atoms with Gasteiger partial charge >= 0.3 is 0 Å². The van der Waals surface area contributed by atoms with Crippen LogP contribution in [-0.2, 0) is 6.54 Å². The molecule has 3 unspecified atom stereocenters. The summed E-state index contributed by atoms with van der Waals surface area (Å²) in [5.74, 6) is 0.915. The molecular formula is C15H24N2S. The second kappa shape index (κ2) is 4.04. The van der Waals surface area contributed by atoms with Gasteiger partial charge in [-0.1, -0.05) is 20.8 Å². The van der Waals surface area contributed by atoms with Crippen LogP contribution in [0.5, 0.6) is 0 Å². The smallest absolute Gasteiger partial charge is 0.107 e. The molecule has 3 atom stereocenters. The van der Waals surface area contributed by atoms with Gasteiger partial charge in [0.15, 0.2) is 0 Å². The third-order valence-corrected chi connectivity index (χ3v) is 6.93. The van der Waals surface area contributed by atoms with Crippen molar-refractivity contribution >= 4 is 11.3 Å². The van der Waals surface area contributed by atoms with E-state index in [1.165, 1.54) is 24.3 Å². The van der Waals surface area contributed by atoms with E-state index in [4.69, 9.17) is 0 Å². The molecular weight excluding hydrogens is 240 g/mol. The highest BCUT2D eigenvalue weighted by Gasteiger charge is 2.60. The summed E-state index contributed by atoms with van der Waals surface area (Å²) < 4.78 is 0. The molecule has 3 rings (SSSR count). The van der Waals surface area contributed by atoms with Gasteiger partial charge in [0.2, 0.25) is 0 Å². The summed E-state index contributed by atoms with van der Waals surface area (Å²) in [4.78, 5) is 4.55. The van der Waals surface area contributed by atoms with Crippen molar-refractivity contribution in [2.75, 3.05) is 0 Å². The summed E-state index contributed by atoms with van der Waals surface area (Å²) in [6, 6.07) is 0.676. The predicted molar refractivity (Wildman–Crippen MR) is 76.7 cm³/mol. The zero-order valence-corrected chi connectivity index (χ0v) is 12.7. The molecule has 2 fully saturated rings. The third kappa shape index (κ3) is 1.67. The van der Waals surface area contributed by atoms with Gasteiger partial charge in [0.1, 0.15) is 5.01 Å². The molecule has 3 heteroatoms. The first-order chi connectivity index (χ1) is 8.43. The highest BCUT2D eigenvalue weighted by molar-refractivity contribution is 7.09. The molecule has 1 aromatic rings. The van der Waals surface area contributed by atoms with E-state index in [0.29, 0.717) is 16.9 Å². The molecule has 1 aromatic heterocycles. The average molecular weight is 264 g/mol. The van der Waals surface area contributed by atoms with Crippen molar-refractivity contribution in [2.24, 2.45) is 16.7 Å². The molecule has 0 amide bonds. The molecule has 2 aliphatic rings. The number of hydrogen-bond donors (Lipinski definition) is 1. The van der Waals surface area contributed by atoms with Crippen LogP contribution in [0.1, 0.15) is 50.7 Å². The molecule has 0 spiro atoms. The number of thiazole rings is 1. The van der Waals surface area contributed by atoms with Gasteiger partial charge < -0.3 is 5.32 Å². The van der Waals surface area contributed by atoms with Crippen LogP contribution in [0.2, 0.25) is 0 Å². The Balaban J connectivity index is 1.69. The zero-order valence-electron chi connectivity index (χ0n) is 11.9. The van der Waals surface area contributed by atoms with Gasteiger partial charge in [0.25, 0.3) is 0 Å². The zero-order chi connectivity index (χ0) is 13.0. The van der Waals surface area contributed by atoms with E-state index in [1.807, 2.05) is 0 Å². The summed E-state index contributed by atoms with van der Waals surface area (Å²) in [6.45, 7) is 10.5. The van der Waals surface area contributed by atoms with Gasteiger partial charge in [-0.25, -0.2) is 4.98 Å². The quantitative estimate of drug-likeness (QED) is 0.899. The lowest BCUT2D eigenvalue weighted by molar-refractivity contribution is 0.120. The fraction of sp³-hybridized carbons (Fsp3) is 0.800. The summed E-state index contributed by atoms with van der Waals surface area (Å²) in [6.07, 6.45) is 4.17. The second-order valence-corrected chi connectivity index (χ2v) is 7.87. The molecule has 2 nitrogen and oxygen atoms in total. The Morgan fingerprint density at radius 3 is 2.72 bits per heavy atom. The number of hydrogen-bond acceptors (Lipinski definition) is 3. The number of aromatic nitrogens is 1. The lowest BCUT2D eigenvalue weighted by atomic mass is 9.69. The van der Waals surface area contributed by atoms with Gasteiger partial charge in [0, 0.05) is 23.7 Å². The molecule has 0 radical (unpaired) electrons. The normalized spacial score (nSPS) is 37.3. The maximum atomic E-state index is 4.55. The first kappa shape index (κ1) is 12.6. The molecule has 100 valence electrons. The molecule has 1 N–H and O–H groups in total. The van der Waals surface area contributed by atoms with E-state index in [2.05, 4.69) is 43.4 Å². The summed E-state index contributed by atoms with van der Waals surface area (Å²) in [7, 11) is 0. The van der Waals surface area contributed by atoms with Gasteiger partial charge in [-0.15, -0.1) is 11.3 Å². The molecule has 2 bridgehead atoms. The van der Waals surface area contributed by atoms with E-state index in [-0.39, 0.29) is 0 Å². The van der Waals surface area contributed by atoms with Gasteiger partial charge in [-0.05, 0) is 42.9 Å². The topological polar surface area (TPSA) is 24.9 Å². The Bertz CT molecular complexity index is 451. The second-order valence-electron chi connectivity index (χ2n) is 6.93. The Morgan fingerprint density at radius 2 is 2.22 bits per heavy atom. The van der Waals surface area contributed by atoms with Crippen molar-refractivity contribution in [3.05, 3.63) is 16.1 Å². The highest BCUT2D eigenvalue weighted by atomic mass is 32.1. The summed E-state index contributed by atoms with van der Waals surface area (Å²) in [5.41, 5.74) is 2.13. The summed E-state index contributed by atoms with van der Waals surface area (Å²) in [5, 5.41) is 7.16. The van der Waals surface area contributed by atoms with Crippen LogP contribution < -0.4 is 5.32 Å². The average Bonchev–Trinajstić information content (AvgIpc) is 2.87. The molecule has 0 aromatic carbocycles. The highest BCUT2D eigenvalue weighted by Crippen LogP contribution is 2.65. The van der Waals surface area contributed by atoms with E-state index < -0.39 is 0 Å². The van der Waals surface area contributed by atoms with Crippen molar-refractivity contribution in [2.45, 2.75) is 59.5 Å². The maximum Gasteiger partial charge on any atom is 0.107 e. The number of nitrogens with one attached hydrogen (secondary N) is 1. The van der Waals surface area contributed by atoms with Crippen LogP contribution >= 0.6 is 11.3 Å². The van der Waals surface area contributed by atoms with Crippen molar-refractivity contribution < 1.29 is 0 Å². The third-order valence-electron chi connectivity index (χ3n) is 5.96. The molecule has 2 aliphatic carbocycles. The van der Waals surface area contributed by atoms with Crippen molar-refractivity contribution in [3.8, 4) is 0 Å². The molecule has 18 heavy (non-hydrogen) atoms. The Kier molecular flexibility index (Phi) is 2.83. The maximum absolute atomic E-state index is 4.55. The van der Waals surface area contributed by atoms with Crippen molar-refractivity contribution in [3.63, 3.8) is 0 Å². The van der Waals surface area contributed by atoms with Gasteiger partial charge in [-0.2, -0.15) is 0 Å². The first-order valence-corrected chi connectivity index (χ1v) is 7.96. The SMILES string of the molecule is Cc1csc(CNC2CC3CCC2(C)C3(C)C)n1. The van der Waals surface area contributed by atoms with E-state index in [0.717, 1.165) is 18.2 Å². The minimum absolute atomic E-state index is 0.476. The van der Waals surface area contributed by atoms with Crippen molar-refractivity contribution in [1.82, 2.24) is 10.3 Å². The Hall–Kier alpha value is -0.410. The predicted octanol–water partition coefficient (Wildman–Crippen LogP) is 3.76. The van der Waals surface area contributed by atoms with Crippen LogP contribution in [0.4, 0.5) is 0 Å². The van der Waals surface area contributed by atoms with Crippen LogP contribution in [0, 0.1) is 23.7 Å². The van der Waals surface area contributed by atoms with Crippen molar-refractivity contribution in [1.29, 1.82) is 0 Å². The number of nitrogens with zero attached hydrogens (tertiary/aromatic N) is 1. The van der Waals surface area contributed by atoms with Crippen LogP contribution in [0.25, 0.3) is 0 Å². The van der Waals surface area contributed by atoms with Crippen LogP contribution in [-0.4, -0.2) is 11.0 Å². The summed E-state index contributed by atoms with van der Waals surface area (Å²) >= 11 is 1.78. The number of rotatable bonds is 3. The monoisotopic (exact) mass is 264 g/mol. The first-order valence-electron chi connectivity index (χ1n) is 7.08. The minimum atomic E-state index is 0.476. The largest absolute Gasteiger partial charge is 0.307 e. The molecule has 0 saturated heterocycles. The minimum Gasteiger partial charge on any atom is -0.307 e. The van der Waals surface area contributed by atoms with Gasteiger partial charge in [0.05, 0.1) is 0 Å². The fourth-order valence-electron chi connectivity index (χ4n) is 4.21. The molecule has 0 aliphatic heterocycles. The number of fused-ring (bicyclic) bond motifs is 2. The standard InChI is InChI=1S/C15H24N2S/c1-10-9-18-13(17-10)8-16-12-7-11-5-6-15(12,4)14(11,2)3/h9,11-12,16H,5-8H2,1-4H3. The lowest BCUT2D eigenvalue weighted by Crippen LogP contribution is -2.44. The van der Waals surface area contributed by atoms with E-state index in [9.17, 15) is 0 Å². The van der Waals surface area contributed by atoms with E-state index in [1.54, 1.807) is 11.3 Å². The Morgan fingerprint density at radius 1 is 1.44 bits per heavy atom. The molecule has 2 saturated carbocycles. The lowest BCUT2D eigenvalue weighted by Gasteiger charge is -2.39. The van der Waals surface area contributed by atoms with E-state index >= 15 is 0 Å². The number of aryl methyl sites for hydroxylation is 1. The fourth-order valence-corrected chi connectivity index (χ4v) is 4.93. The van der Waals surface area contributed by atoms with Crippen LogP contribution in [0.3, 0.4) is 0 Å². The van der Waals surface area contributed by atoms with Gasteiger partial charge in [-0.3, -0.25) is 0 Å².